The van der Waals surface area contributed by atoms with Gasteiger partial charge in [0.25, 0.3) is 0 Å². The van der Waals surface area contributed by atoms with Gasteiger partial charge in [-0.05, 0) is 47.5 Å². The van der Waals surface area contributed by atoms with E-state index in [2.05, 4.69) is 38.3 Å². The Morgan fingerprint density at radius 2 is 1.73 bits per heavy atom. The lowest BCUT2D eigenvalue weighted by atomic mass is 9.79. The fourth-order valence-corrected chi connectivity index (χ4v) is 2.85. The summed E-state index contributed by atoms with van der Waals surface area (Å²) in [5, 5.41) is 7.00. The van der Waals surface area contributed by atoms with Gasteiger partial charge in [-0.2, -0.15) is 0 Å². The number of hydrogen-bond donors (Lipinski definition) is 2. The van der Waals surface area contributed by atoms with Crippen LogP contribution >= 0.6 is 0 Å². The predicted molar refractivity (Wildman–Crippen MR) is 63.0 cm³/mol. The van der Waals surface area contributed by atoms with E-state index in [1.165, 1.54) is 0 Å². The van der Waals surface area contributed by atoms with Gasteiger partial charge in [0.2, 0.25) is 0 Å². The molecule has 0 spiro atoms. The van der Waals surface area contributed by atoms with Crippen molar-refractivity contribution in [3.8, 4) is 0 Å². The standard InChI is InChI=1S/C12H24N2O/c1-9(8-15)13-10-6-11(2,3)14-12(4,5)7-10/h8-10,13-14H,6-7H2,1-5H3. The molecule has 1 rings (SSSR count). The fourth-order valence-electron chi connectivity index (χ4n) is 2.85. The van der Waals surface area contributed by atoms with Crippen LogP contribution in [-0.2, 0) is 4.79 Å². The van der Waals surface area contributed by atoms with Gasteiger partial charge >= 0.3 is 0 Å². The molecule has 0 aliphatic carbocycles. The zero-order valence-corrected chi connectivity index (χ0v) is 10.6. The third-order valence-corrected chi connectivity index (χ3v) is 2.89. The van der Waals surface area contributed by atoms with Crippen molar-refractivity contribution >= 4 is 6.29 Å². The predicted octanol–water partition coefficient (Wildman–Crippen LogP) is 1.47. The molecule has 3 heteroatoms. The van der Waals surface area contributed by atoms with Gasteiger partial charge in [0.05, 0.1) is 6.04 Å². The van der Waals surface area contributed by atoms with Gasteiger partial charge in [0.1, 0.15) is 6.29 Å². The fraction of sp³-hybridized carbons (Fsp3) is 0.917. The first-order valence-corrected chi connectivity index (χ1v) is 5.75. The summed E-state index contributed by atoms with van der Waals surface area (Å²) in [6.45, 7) is 10.8. The van der Waals surface area contributed by atoms with Gasteiger partial charge in [0, 0.05) is 17.1 Å². The Bertz CT molecular complexity index is 220. The van der Waals surface area contributed by atoms with Gasteiger partial charge in [-0.1, -0.05) is 0 Å². The zero-order chi connectivity index (χ0) is 11.7. The number of hydrogen-bond acceptors (Lipinski definition) is 3. The molecule has 0 aromatic heterocycles. The van der Waals surface area contributed by atoms with Crippen LogP contribution in [0.5, 0.6) is 0 Å². The summed E-state index contributed by atoms with van der Waals surface area (Å²) >= 11 is 0. The maximum atomic E-state index is 10.6. The second-order valence-corrected chi connectivity index (χ2v) is 6.09. The lowest BCUT2D eigenvalue weighted by Gasteiger charge is -2.47. The van der Waals surface area contributed by atoms with Gasteiger partial charge < -0.3 is 15.4 Å². The summed E-state index contributed by atoms with van der Waals surface area (Å²) < 4.78 is 0. The number of aldehydes is 1. The third kappa shape index (κ3) is 3.92. The van der Waals surface area contributed by atoms with E-state index in [1.807, 2.05) is 6.92 Å². The number of rotatable bonds is 3. The summed E-state index contributed by atoms with van der Waals surface area (Å²) in [6.07, 6.45) is 3.10. The van der Waals surface area contributed by atoms with Crippen molar-refractivity contribution in [1.82, 2.24) is 10.6 Å². The Kier molecular flexibility index (Phi) is 3.56. The molecule has 15 heavy (non-hydrogen) atoms. The molecule has 0 saturated carbocycles. The average Bonchev–Trinajstić information content (AvgIpc) is 1.97. The molecule has 1 saturated heterocycles. The Hall–Kier alpha value is -0.410. The summed E-state index contributed by atoms with van der Waals surface area (Å²) in [5.74, 6) is 0. The summed E-state index contributed by atoms with van der Waals surface area (Å²) in [6, 6.07) is 0.385. The molecule has 1 unspecified atom stereocenters. The maximum absolute atomic E-state index is 10.6. The van der Waals surface area contributed by atoms with E-state index in [-0.39, 0.29) is 17.1 Å². The SMILES string of the molecule is CC(C=O)NC1CC(C)(C)NC(C)(C)C1. The Balaban J connectivity index is 2.63. The second kappa shape index (κ2) is 4.22. The molecule has 0 radical (unpaired) electrons. The first-order valence-electron chi connectivity index (χ1n) is 5.75. The average molecular weight is 212 g/mol. The second-order valence-electron chi connectivity index (χ2n) is 6.09. The van der Waals surface area contributed by atoms with Gasteiger partial charge in [-0.15, -0.1) is 0 Å². The van der Waals surface area contributed by atoms with E-state index in [4.69, 9.17) is 0 Å². The van der Waals surface area contributed by atoms with Crippen molar-refractivity contribution in [3.63, 3.8) is 0 Å². The number of carbonyl (C=O) groups excluding carboxylic acids is 1. The van der Waals surface area contributed by atoms with Crippen molar-refractivity contribution in [2.24, 2.45) is 0 Å². The van der Waals surface area contributed by atoms with Crippen LogP contribution < -0.4 is 10.6 Å². The molecule has 1 atom stereocenters. The van der Waals surface area contributed by atoms with Gasteiger partial charge in [0.15, 0.2) is 0 Å². The van der Waals surface area contributed by atoms with E-state index in [0.29, 0.717) is 6.04 Å². The van der Waals surface area contributed by atoms with E-state index in [0.717, 1.165) is 19.1 Å². The molecule has 0 aromatic carbocycles. The van der Waals surface area contributed by atoms with Gasteiger partial charge in [-0.3, -0.25) is 0 Å². The van der Waals surface area contributed by atoms with Crippen LogP contribution in [0.3, 0.4) is 0 Å². The van der Waals surface area contributed by atoms with E-state index < -0.39 is 0 Å². The quantitative estimate of drug-likeness (QED) is 0.696. The molecule has 88 valence electrons. The minimum absolute atomic E-state index is 0.0419. The molecular formula is C12H24N2O. The lowest BCUT2D eigenvalue weighted by molar-refractivity contribution is -0.109. The highest BCUT2D eigenvalue weighted by molar-refractivity contribution is 5.56. The first-order chi connectivity index (χ1) is 6.74. The molecule has 2 N–H and O–H groups in total. The highest BCUT2D eigenvalue weighted by Gasteiger charge is 2.37. The van der Waals surface area contributed by atoms with Crippen molar-refractivity contribution in [3.05, 3.63) is 0 Å². The van der Waals surface area contributed by atoms with E-state index in [9.17, 15) is 4.79 Å². The summed E-state index contributed by atoms with van der Waals surface area (Å²) in [4.78, 5) is 10.6. The number of piperidine rings is 1. The molecule has 0 amide bonds. The van der Waals surface area contributed by atoms with Crippen LogP contribution in [-0.4, -0.2) is 29.4 Å². The summed E-state index contributed by atoms with van der Waals surface area (Å²) in [7, 11) is 0. The van der Waals surface area contributed by atoms with E-state index >= 15 is 0 Å². The minimum Gasteiger partial charge on any atom is -0.307 e. The highest BCUT2D eigenvalue weighted by atomic mass is 16.1. The van der Waals surface area contributed by atoms with E-state index in [1.54, 1.807) is 0 Å². The molecule has 3 nitrogen and oxygen atoms in total. The zero-order valence-electron chi connectivity index (χ0n) is 10.6. The van der Waals surface area contributed by atoms with Crippen LogP contribution in [0.15, 0.2) is 0 Å². The molecule has 1 heterocycles. The van der Waals surface area contributed by atoms with Crippen LogP contribution in [0, 0.1) is 0 Å². The normalized spacial score (nSPS) is 27.3. The smallest absolute Gasteiger partial charge is 0.136 e. The number of carbonyl (C=O) groups is 1. The van der Waals surface area contributed by atoms with Crippen molar-refractivity contribution in [2.75, 3.05) is 0 Å². The van der Waals surface area contributed by atoms with Crippen LogP contribution in [0.25, 0.3) is 0 Å². The monoisotopic (exact) mass is 212 g/mol. The van der Waals surface area contributed by atoms with Crippen LogP contribution in [0.1, 0.15) is 47.5 Å². The summed E-state index contributed by atoms with van der Waals surface area (Å²) in [5.41, 5.74) is 0.282. The largest absolute Gasteiger partial charge is 0.307 e. The molecule has 1 aliphatic heterocycles. The third-order valence-electron chi connectivity index (χ3n) is 2.89. The number of nitrogens with one attached hydrogen (secondary N) is 2. The van der Waals surface area contributed by atoms with Crippen molar-refractivity contribution in [1.29, 1.82) is 0 Å². The topological polar surface area (TPSA) is 41.1 Å². The first kappa shape index (κ1) is 12.7. The Morgan fingerprint density at radius 3 is 2.13 bits per heavy atom. The van der Waals surface area contributed by atoms with Crippen molar-refractivity contribution in [2.45, 2.75) is 70.6 Å². The van der Waals surface area contributed by atoms with Crippen molar-refractivity contribution < 1.29 is 4.79 Å². The van der Waals surface area contributed by atoms with Gasteiger partial charge in [-0.25, -0.2) is 0 Å². The molecule has 0 bridgehead atoms. The minimum atomic E-state index is -0.0419. The van der Waals surface area contributed by atoms with Crippen LogP contribution in [0.4, 0.5) is 0 Å². The maximum Gasteiger partial charge on any atom is 0.136 e. The highest BCUT2D eigenvalue weighted by Crippen LogP contribution is 2.28. The Morgan fingerprint density at radius 1 is 1.27 bits per heavy atom. The molecule has 1 aliphatic rings. The Labute approximate surface area is 93.0 Å². The lowest BCUT2D eigenvalue weighted by Crippen LogP contribution is -2.62. The molecule has 1 fully saturated rings. The van der Waals surface area contributed by atoms with Crippen LogP contribution in [0.2, 0.25) is 0 Å². The molecular weight excluding hydrogens is 188 g/mol. The molecule has 0 aromatic rings.